The van der Waals surface area contributed by atoms with Gasteiger partial charge in [-0.2, -0.15) is 0 Å². The van der Waals surface area contributed by atoms with E-state index in [9.17, 15) is 9.59 Å². The zero-order valence-electron chi connectivity index (χ0n) is 16.3. The average Bonchev–Trinajstić information content (AvgIpc) is 2.76. The van der Waals surface area contributed by atoms with Gasteiger partial charge in [0.25, 0.3) is 5.91 Å². The first kappa shape index (κ1) is 20.5. The molecular weight excluding hydrogens is 368 g/mol. The van der Waals surface area contributed by atoms with Crippen molar-refractivity contribution in [1.29, 1.82) is 0 Å². The highest BCUT2D eigenvalue weighted by molar-refractivity contribution is 6.08. The maximum absolute atomic E-state index is 12.7. The van der Waals surface area contributed by atoms with E-state index in [4.69, 9.17) is 9.94 Å². The fourth-order valence-electron chi connectivity index (χ4n) is 3.18. The maximum atomic E-state index is 12.7. The third-order valence-corrected chi connectivity index (χ3v) is 4.73. The van der Waals surface area contributed by atoms with Crippen molar-refractivity contribution < 1.29 is 19.5 Å². The molecule has 2 aromatic rings. The second-order valence-electron chi connectivity index (χ2n) is 6.78. The van der Waals surface area contributed by atoms with Crippen LogP contribution >= 0.6 is 0 Å². The van der Waals surface area contributed by atoms with Crippen LogP contribution in [0.1, 0.15) is 27.0 Å². The van der Waals surface area contributed by atoms with E-state index < -0.39 is 5.91 Å². The van der Waals surface area contributed by atoms with Crippen molar-refractivity contribution in [2.24, 2.45) is 0 Å². The number of ketones is 1. The summed E-state index contributed by atoms with van der Waals surface area (Å²) in [5.41, 5.74) is 5.90. The molecule has 0 atom stereocenters. The van der Waals surface area contributed by atoms with Crippen molar-refractivity contribution in [3.8, 4) is 0 Å². The quantitative estimate of drug-likeness (QED) is 0.341. The number of nitrogens with one attached hydrogen (secondary N) is 1. The summed E-state index contributed by atoms with van der Waals surface area (Å²) in [5, 5.41) is 8.53. The van der Waals surface area contributed by atoms with Crippen LogP contribution in [0.15, 0.2) is 54.6 Å². The highest BCUT2D eigenvalue weighted by Crippen LogP contribution is 2.21. The Morgan fingerprint density at radius 2 is 1.72 bits per heavy atom. The standard InChI is InChI=1S/C23H24N2O4/c1-17-15-20(25-11-13-29-14-12-25)7-8-21(17)22(26)9-5-18-3-2-4-19(16-18)6-10-23(27)24-28/h2-10,15-16,28H,11-14H2,1H3,(H,24,27). The molecule has 0 aromatic heterocycles. The molecular formula is C23H24N2O4. The van der Waals surface area contributed by atoms with E-state index in [0.29, 0.717) is 5.56 Å². The molecule has 0 spiro atoms. The van der Waals surface area contributed by atoms with Crippen molar-refractivity contribution in [2.45, 2.75) is 6.92 Å². The minimum atomic E-state index is -0.600. The van der Waals surface area contributed by atoms with Crippen LogP contribution in [0.4, 0.5) is 5.69 Å². The molecule has 1 amide bonds. The summed E-state index contributed by atoms with van der Waals surface area (Å²) in [5.74, 6) is -0.659. The number of nitrogens with zero attached hydrogens (tertiary/aromatic N) is 1. The molecule has 1 fully saturated rings. The molecule has 1 aliphatic rings. The molecule has 6 nitrogen and oxygen atoms in total. The number of hydrogen-bond acceptors (Lipinski definition) is 5. The van der Waals surface area contributed by atoms with E-state index in [-0.39, 0.29) is 5.78 Å². The van der Waals surface area contributed by atoms with Gasteiger partial charge in [-0.05, 0) is 60.0 Å². The number of rotatable bonds is 6. The molecule has 0 unspecified atom stereocenters. The van der Waals surface area contributed by atoms with Crippen molar-refractivity contribution in [1.82, 2.24) is 5.48 Å². The van der Waals surface area contributed by atoms with Crippen molar-refractivity contribution in [3.05, 3.63) is 76.9 Å². The van der Waals surface area contributed by atoms with Gasteiger partial charge in [-0.3, -0.25) is 14.8 Å². The molecule has 0 aliphatic carbocycles. The Morgan fingerprint density at radius 3 is 2.38 bits per heavy atom. The summed E-state index contributed by atoms with van der Waals surface area (Å²) < 4.78 is 5.39. The predicted octanol–water partition coefficient (Wildman–Crippen LogP) is 3.25. The summed E-state index contributed by atoms with van der Waals surface area (Å²) in [6, 6.07) is 13.3. The van der Waals surface area contributed by atoms with Crippen LogP contribution in [-0.2, 0) is 9.53 Å². The lowest BCUT2D eigenvalue weighted by Crippen LogP contribution is -2.36. The number of carbonyl (C=O) groups is 2. The summed E-state index contributed by atoms with van der Waals surface area (Å²) in [7, 11) is 0. The van der Waals surface area contributed by atoms with Crippen molar-refractivity contribution in [2.75, 3.05) is 31.2 Å². The van der Waals surface area contributed by atoms with Crippen LogP contribution in [-0.4, -0.2) is 43.2 Å². The second kappa shape index (κ2) is 9.82. The number of allylic oxidation sites excluding steroid dienone is 1. The Kier molecular flexibility index (Phi) is 6.94. The number of amides is 1. The van der Waals surface area contributed by atoms with Gasteiger partial charge in [0.1, 0.15) is 0 Å². The molecule has 29 heavy (non-hydrogen) atoms. The van der Waals surface area contributed by atoms with Gasteiger partial charge >= 0.3 is 0 Å². The number of hydrogen-bond donors (Lipinski definition) is 2. The zero-order chi connectivity index (χ0) is 20.6. The number of hydroxylamine groups is 1. The third kappa shape index (κ3) is 5.63. The molecule has 2 aromatic carbocycles. The topological polar surface area (TPSA) is 78.9 Å². The molecule has 0 radical (unpaired) electrons. The van der Waals surface area contributed by atoms with E-state index in [1.165, 1.54) is 6.08 Å². The van der Waals surface area contributed by atoms with Crippen LogP contribution < -0.4 is 10.4 Å². The van der Waals surface area contributed by atoms with E-state index in [0.717, 1.165) is 48.7 Å². The van der Waals surface area contributed by atoms with Crippen molar-refractivity contribution in [3.63, 3.8) is 0 Å². The summed E-state index contributed by atoms with van der Waals surface area (Å²) in [4.78, 5) is 26.0. The Bertz CT molecular complexity index is 944. The molecule has 1 heterocycles. The normalized spacial score (nSPS) is 14.5. The lowest BCUT2D eigenvalue weighted by Gasteiger charge is -2.29. The fourth-order valence-corrected chi connectivity index (χ4v) is 3.18. The van der Waals surface area contributed by atoms with Gasteiger partial charge in [-0.1, -0.05) is 24.3 Å². The van der Waals surface area contributed by atoms with Crippen LogP contribution in [0.2, 0.25) is 0 Å². The molecule has 3 rings (SSSR count). The summed E-state index contributed by atoms with van der Waals surface area (Å²) in [6.45, 7) is 5.11. The van der Waals surface area contributed by atoms with E-state index >= 15 is 0 Å². The maximum Gasteiger partial charge on any atom is 0.267 e. The van der Waals surface area contributed by atoms with E-state index in [1.54, 1.807) is 23.7 Å². The van der Waals surface area contributed by atoms with E-state index in [1.807, 2.05) is 49.4 Å². The van der Waals surface area contributed by atoms with Gasteiger partial charge in [0, 0.05) is 30.4 Å². The summed E-state index contributed by atoms with van der Waals surface area (Å²) >= 11 is 0. The molecule has 0 bridgehead atoms. The number of carbonyl (C=O) groups excluding carboxylic acids is 2. The van der Waals surface area contributed by atoms with Gasteiger partial charge in [0.2, 0.25) is 0 Å². The summed E-state index contributed by atoms with van der Waals surface area (Å²) in [6.07, 6.45) is 6.12. The van der Waals surface area contributed by atoms with Gasteiger partial charge < -0.3 is 9.64 Å². The Morgan fingerprint density at radius 1 is 1.03 bits per heavy atom. The highest BCUT2D eigenvalue weighted by Gasteiger charge is 2.13. The minimum Gasteiger partial charge on any atom is -0.378 e. The van der Waals surface area contributed by atoms with E-state index in [2.05, 4.69) is 4.90 Å². The largest absolute Gasteiger partial charge is 0.378 e. The molecule has 6 heteroatoms. The van der Waals surface area contributed by atoms with Crippen LogP contribution in [0.25, 0.3) is 12.2 Å². The Hall–Kier alpha value is -3.22. The first-order valence-corrected chi connectivity index (χ1v) is 9.45. The van der Waals surface area contributed by atoms with Gasteiger partial charge in [0.15, 0.2) is 5.78 Å². The molecule has 150 valence electrons. The Labute approximate surface area is 170 Å². The second-order valence-corrected chi connectivity index (χ2v) is 6.78. The van der Waals surface area contributed by atoms with Gasteiger partial charge in [0.05, 0.1) is 13.2 Å². The molecule has 2 N–H and O–H groups in total. The molecule has 0 saturated carbocycles. The predicted molar refractivity (Wildman–Crippen MR) is 113 cm³/mol. The monoisotopic (exact) mass is 392 g/mol. The molecule has 1 aliphatic heterocycles. The first-order valence-electron chi connectivity index (χ1n) is 9.45. The lowest BCUT2D eigenvalue weighted by molar-refractivity contribution is -0.124. The van der Waals surface area contributed by atoms with Gasteiger partial charge in [-0.25, -0.2) is 5.48 Å². The van der Waals surface area contributed by atoms with Crippen LogP contribution in [0.3, 0.4) is 0 Å². The van der Waals surface area contributed by atoms with Gasteiger partial charge in [-0.15, -0.1) is 0 Å². The molecule has 1 saturated heterocycles. The van der Waals surface area contributed by atoms with Crippen LogP contribution in [0.5, 0.6) is 0 Å². The zero-order valence-corrected chi connectivity index (χ0v) is 16.3. The fraction of sp³-hybridized carbons (Fsp3) is 0.217. The number of anilines is 1. The number of morpholine rings is 1. The third-order valence-electron chi connectivity index (χ3n) is 4.73. The van der Waals surface area contributed by atoms with Crippen LogP contribution in [0, 0.1) is 6.92 Å². The minimum absolute atomic E-state index is 0.0587. The number of aryl methyl sites for hydroxylation is 1. The SMILES string of the molecule is Cc1cc(N2CCOCC2)ccc1C(=O)C=Cc1cccc(C=CC(=O)NO)c1. The number of benzene rings is 2. The Balaban J connectivity index is 1.70. The van der Waals surface area contributed by atoms with Crippen molar-refractivity contribution >= 4 is 29.5 Å². The highest BCUT2D eigenvalue weighted by atomic mass is 16.5. The lowest BCUT2D eigenvalue weighted by atomic mass is 10.0. The first-order chi connectivity index (χ1) is 14.1. The smallest absolute Gasteiger partial charge is 0.267 e. The number of ether oxygens (including phenoxy) is 1. The average molecular weight is 392 g/mol.